The summed E-state index contributed by atoms with van der Waals surface area (Å²) >= 11 is 0. The van der Waals surface area contributed by atoms with Crippen LogP contribution in [0.25, 0.3) is 0 Å². The number of nitrogens with one attached hydrogen (secondary N) is 1. The van der Waals surface area contributed by atoms with Gasteiger partial charge in [-0.3, -0.25) is 9.89 Å². The average molecular weight is 306 g/mol. The van der Waals surface area contributed by atoms with Crippen LogP contribution in [0.4, 0.5) is 0 Å². The van der Waals surface area contributed by atoms with Gasteiger partial charge in [0.1, 0.15) is 4.90 Å². The summed E-state index contributed by atoms with van der Waals surface area (Å²) in [6.07, 6.45) is 2.56. The highest BCUT2D eigenvalue weighted by molar-refractivity contribution is 8.13. The molecule has 0 saturated heterocycles. The summed E-state index contributed by atoms with van der Waals surface area (Å²) in [5, 5.41) is 6.53. The van der Waals surface area contributed by atoms with Gasteiger partial charge in [-0.2, -0.15) is 5.10 Å². The number of rotatable bonds is 5. The molecule has 8 heteroatoms. The van der Waals surface area contributed by atoms with Crippen LogP contribution in [-0.2, 0) is 9.05 Å². The third kappa shape index (κ3) is 2.92. The molecule has 0 radical (unpaired) electrons. The van der Waals surface area contributed by atoms with Crippen LogP contribution in [0.1, 0.15) is 48.3 Å². The molecule has 0 spiro atoms. The van der Waals surface area contributed by atoms with E-state index >= 15 is 0 Å². The Morgan fingerprint density at radius 3 is 2.63 bits per heavy atom. The fourth-order valence-electron chi connectivity index (χ4n) is 2.00. The standard InChI is InChI=1S/C11H16ClN3O3S/c1-3-6-15(2)11(16)9-10(19(12,17)18)8(13-14-9)7-4-5-7/h7H,3-6H2,1-2H3,(H,13,14). The lowest BCUT2D eigenvalue weighted by Gasteiger charge is -2.14. The lowest BCUT2D eigenvalue weighted by molar-refractivity contribution is 0.0785. The first-order valence-corrected chi connectivity index (χ1v) is 8.45. The highest BCUT2D eigenvalue weighted by Crippen LogP contribution is 2.43. The van der Waals surface area contributed by atoms with E-state index in [0.717, 1.165) is 19.3 Å². The molecular weight excluding hydrogens is 290 g/mol. The maximum atomic E-state index is 12.2. The number of carbonyl (C=O) groups excluding carboxylic acids is 1. The normalized spacial score (nSPS) is 15.5. The molecule has 0 unspecified atom stereocenters. The van der Waals surface area contributed by atoms with Gasteiger partial charge in [-0.15, -0.1) is 0 Å². The molecule has 19 heavy (non-hydrogen) atoms. The van der Waals surface area contributed by atoms with E-state index in [-0.39, 0.29) is 16.5 Å². The highest BCUT2D eigenvalue weighted by Gasteiger charge is 2.37. The second-order valence-corrected chi connectivity index (χ2v) is 7.26. The topological polar surface area (TPSA) is 83.1 Å². The van der Waals surface area contributed by atoms with Gasteiger partial charge in [-0.1, -0.05) is 6.92 Å². The lowest BCUT2D eigenvalue weighted by Crippen LogP contribution is -2.28. The molecule has 1 aromatic rings. The minimum absolute atomic E-state index is 0.104. The van der Waals surface area contributed by atoms with Crippen molar-refractivity contribution in [3.05, 3.63) is 11.4 Å². The zero-order valence-corrected chi connectivity index (χ0v) is 12.4. The molecule has 1 aliphatic rings. The number of hydrogen-bond acceptors (Lipinski definition) is 4. The molecular formula is C11H16ClN3O3S. The molecule has 6 nitrogen and oxygen atoms in total. The van der Waals surface area contributed by atoms with Gasteiger partial charge >= 0.3 is 0 Å². The van der Waals surface area contributed by atoms with E-state index in [4.69, 9.17) is 10.7 Å². The largest absolute Gasteiger partial charge is 0.340 e. The summed E-state index contributed by atoms with van der Waals surface area (Å²) in [5.41, 5.74) is 0.357. The van der Waals surface area contributed by atoms with E-state index in [1.54, 1.807) is 7.05 Å². The Hall–Kier alpha value is -1.08. The first-order valence-electron chi connectivity index (χ1n) is 6.14. The highest BCUT2D eigenvalue weighted by atomic mass is 35.7. The molecule has 106 valence electrons. The van der Waals surface area contributed by atoms with Crippen LogP contribution < -0.4 is 0 Å². The van der Waals surface area contributed by atoms with Crippen molar-refractivity contribution < 1.29 is 13.2 Å². The molecule has 1 fully saturated rings. The molecule has 0 aromatic carbocycles. The zero-order valence-electron chi connectivity index (χ0n) is 10.8. The van der Waals surface area contributed by atoms with Gasteiger partial charge in [0.2, 0.25) is 0 Å². The summed E-state index contributed by atoms with van der Waals surface area (Å²) in [6, 6.07) is 0. The van der Waals surface area contributed by atoms with Crippen molar-refractivity contribution in [2.75, 3.05) is 13.6 Å². The predicted molar refractivity (Wildman–Crippen MR) is 70.9 cm³/mol. The number of amides is 1. The van der Waals surface area contributed by atoms with Gasteiger partial charge in [-0.05, 0) is 19.3 Å². The van der Waals surface area contributed by atoms with Crippen LogP contribution in [-0.4, -0.2) is 43.0 Å². The molecule has 1 aromatic heterocycles. The number of halogens is 1. The summed E-state index contributed by atoms with van der Waals surface area (Å²) in [7, 11) is 3.07. The number of aromatic nitrogens is 2. The van der Waals surface area contributed by atoms with Crippen LogP contribution in [0.2, 0.25) is 0 Å². The Balaban J connectivity index is 2.43. The maximum Gasteiger partial charge on any atom is 0.275 e. The second kappa shape index (κ2) is 5.13. The van der Waals surface area contributed by atoms with Crippen molar-refractivity contribution in [2.24, 2.45) is 0 Å². The minimum Gasteiger partial charge on any atom is -0.340 e. The van der Waals surface area contributed by atoms with Gasteiger partial charge in [0.15, 0.2) is 5.69 Å². The summed E-state index contributed by atoms with van der Waals surface area (Å²) in [4.78, 5) is 13.5. The van der Waals surface area contributed by atoms with E-state index in [0.29, 0.717) is 12.2 Å². The summed E-state index contributed by atoms with van der Waals surface area (Å²) in [5.74, 6) is -0.307. The monoisotopic (exact) mass is 305 g/mol. The average Bonchev–Trinajstić information content (AvgIpc) is 3.05. The van der Waals surface area contributed by atoms with E-state index in [9.17, 15) is 13.2 Å². The second-order valence-electron chi connectivity index (χ2n) is 4.75. The van der Waals surface area contributed by atoms with Crippen LogP contribution in [0.3, 0.4) is 0 Å². The molecule has 0 aliphatic heterocycles. The van der Waals surface area contributed by atoms with E-state index < -0.39 is 15.0 Å². The molecule has 1 amide bonds. The molecule has 1 saturated carbocycles. The first kappa shape index (κ1) is 14.3. The Bertz CT molecular complexity index is 592. The van der Waals surface area contributed by atoms with Crippen LogP contribution in [0.5, 0.6) is 0 Å². The summed E-state index contributed by atoms with van der Waals surface area (Å²) in [6.45, 7) is 2.47. The third-order valence-corrected chi connectivity index (χ3v) is 4.45. The smallest absolute Gasteiger partial charge is 0.275 e. The predicted octanol–water partition coefficient (Wildman–Crippen LogP) is 1.70. The Labute approximate surface area is 116 Å². The first-order chi connectivity index (χ1) is 8.86. The number of aromatic amines is 1. The van der Waals surface area contributed by atoms with Crippen molar-refractivity contribution >= 4 is 25.6 Å². The minimum atomic E-state index is -3.99. The van der Waals surface area contributed by atoms with Crippen molar-refractivity contribution in [2.45, 2.75) is 37.0 Å². The van der Waals surface area contributed by atoms with E-state index in [2.05, 4.69) is 10.2 Å². The van der Waals surface area contributed by atoms with Crippen molar-refractivity contribution in [3.8, 4) is 0 Å². The van der Waals surface area contributed by atoms with Gasteiger partial charge in [0.25, 0.3) is 15.0 Å². The van der Waals surface area contributed by atoms with Gasteiger partial charge in [0.05, 0.1) is 5.69 Å². The van der Waals surface area contributed by atoms with Crippen LogP contribution in [0, 0.1) is 0 Å². The van der Waals surface area contributed by atoms with Gasteiger partial charge < -0.3 is 4.90 Å². The fraction of sp³-hybridized carbons (Fsp3) is 0.636. The number of hydrogen-bond donors (Lipinski definition) is 1. The SMILES string of the molecule is CCCN(C)C(=O)c1n[nH]c(C2CC2)c1S(=O)(=O)Cl. The fourth-order valence-corrected chi connectivity index (χ4v) is 3.31. The van der Waals surface area contributed by atoms with Crippen LogP contribution in [0.15, 0.2) is 4.90 Å². The molecule has 2 rings (SSSR count). The molecule has 1 heterocycles. The molecule has 1 N–H and O–H groups in total. The van der Waals surface area contributed by atoms with Gasteiger partial charge in [-0.25, -0.2) is 8.42 Å². The maximum absolute atomic E-state index is 12.2. The number of nitrogens with zero attached hydrogens (tertiary/aromatic N) is 2. The Morgan fingerprint density at radius 2 is 2.16 bits per heavy atom. The Morgan fingerprint density at radius 1 is 1.53 bits per heavy atom. The zero-order chi connectivity index (χ0) is 14.2. The third-order valence-electron chi connectivity index (χ3n) is 3.09. The summed E-state index contributed by atoms with van der Waals surface area (Å²) < 4.78 is 23.4. The quantitative estimate of drug-likeness (QED) is 0.839. The van der Waals surface area contributed by atoms with Crippen molar-refractivity contribution in [1.82, 2.24) is 15.1 Å². The van der Waals surface area contributed by atoms with Crippen molar-refractivity contribution in [3.63, 3.8) is 0 Å². The molecule has 0 bridgehead atoms. The van der Waals surface area contributed by atoms with E-state index in [1.165, 1.54) is 4.90 Å². The Kier molecular flexibility index (Phi) is 3.87. The number of H-pyrrole nitrogens is 1. The molecule has 0 atom stereocenters. The van der Waals surface area contributed by atoms with Crippen molar-refractivity contribution in [1.29, 1.82) is 0 Å². The lowest BCUT2D eigenvalue weighted by atomic mass is 10.2. The van der Waals surface area contributed by atoms with Gasteiger partial charge in [0, 0.05) is 30.2 Å². The molecule has 1 aliphatic carbocycles. The van der Waals surface area contributed by atoms with Crippen LogP contribution >= 0.6 is 10.7 Å². The number of carbonyl (C=O) groups is 1. The van der Waals surface area contributed by atoms with E-state index in [1.807, 2.05) is 6.92 Å².